The van der Waals surface area contributed by atoms with Crippen LogP contribution in [0.4, 0.5) is 15.9 Å². The van der Waals surface area contributed by atoms with Crippen molar-refractivity contribution in [2.24, 2.45) is 0 Å². The summed E-state index contributed by atoms with van der Waals surface area (Å²) in [7, 11) is 4.58. The van der Waals surface area contributed by atoms with E-state index in [2.05, 4.69) is 10.2 Å². The Bertz CT molecular complexity index is 1400. The lowest BCUT2D eigenvalue weighted by molar-refractivity contribution is 0.388. The molecule has 0 unspecified atom stereocenters. The monoisotopic (exact) mass is 477 g/mol. The third-order valence-corrected chi connectivity index (χ3v) is 5.89. The summed E-state index contributed by atoms with van der Waals surface area (Å²) in [6.45, 7) is 1.84. The first kappa shape index (κ1) is 24.2. The number of rotatable bonds is 7. The number of aryl methyl sites for hydroxylation is 1. The van der Waals surface area contributed by atoms with E-state index in [1.165, 1.54) is 13.2 Å². The summed E-state index contributed by atoms with van der Waals surface area (Å²) in [6.07, 6.45) is 0. The summed E-state index contributed by atoms with van der Waals surface area (Å²) in [4.78, 5) is 1.87. The Labute approximate surface area is 202 Å². The topological polar surface area (TPSA) is 97.2 Å². The van der Waals surface area contributed by atoms with Gasteiger partial charge < -0.3 is 29.2 Å². The third-order valence-electron chi connectivity index (χ3n) is 5.89. The standard InChI is InChI=1S/C25H25BFN3O5/c1-14-19-10-15(20-11-16(26(31)32)12-21(27)24(20)35-5)6-8-18(19)25(29-28-14)30(2)22-9-7-17(33-3)13-23(22)34-4/h6-13,31-32H,1-5H3. The predicted molar refractivity (Wildman–Crippen MR) is 134 cm³/mol. The molecule has 0 atom stereocenters. The Hall–Kier alpha value is -3.89. The van der Waals surface area contributed by atoms with Crippen molar-refractivity contribution in [1.82, 2.24) is 10.2 Å². The first-order valence-electron chi connectivity index (χ1n) is 10.8. The van der Waals surface area contributed by atoms with Gasteiger partial charge in [0.15, 0.2) is 17.4 Å². The van der Waals surface area contributed by atoms with Crippen LogP contribution in [-0.2, 0) is 0 Å². The number of halogens is 1. The van der Waals surface area contributed by atoms with Crippen LogP contribution in [-0.4, -0.2) is 55.7 Å². The minimum absolute atomic E-state index is 0.00808. The average Bonchev–Trinajstić information content (AvgIpc) is 2.87. The largest absolute Gasteiger partial charge is 0.497 e. The summed E-state index contributed by atoms with van der Waals surface area (Å²) >= 11 is 0. The molecule has 1 heterocycles. The molecule has 0 radical (unpaired) electrons. The summed E-state index contributed by atoms with van der Waals surface area (Å²) in [6, 6.07) is 13.6. The molecular formula is C25H25BFN3O5. The van der Waals surface area contributed by atoms with Crippen LogP contribution in [0.5, 0.6) is 17.2 Å². The molecule has 0 saturated heterocycles. The van der Waals surface area contributed by atoms with E-state index in [1.54, 1.807) is 26.4 Å². The zero-order valence-electron chi connectivity index (χ0n) is 20.0. The van der Waals surface area contributed by atoms with E-state index in [1.807, 2.05) is 43.1 Å². The van der Waals surface area contributed by atoms with Crippen molar-refractivity contribution < 1.29 is 28.6 Å². The fraction of sp³-hybridized carbons (Fsp3) is 0.200. The zero-order valence-corrected chi connectivity index (χ0v) is 20.0. The van der Waals surface area contributed by atoms with E-state index in [4.69, 9.17) is 14.2 Å². The van der Waals surface area contributed by atoms with Crippen molar-refractivity contribution >= 4 is 34.9 Å². The van der Waals surface area contributed by atoms with E-state index in [0.29, 0.717) is 34.1 Å². The molecule has 0 saturated carbocycles. The van der Waals surface area contributed by atoms with E-state index in [-0.39, 0.29) is 11.2 Å². The SMILES string of the molecule is COc1ccc(N(C)c2nnc(C)c3cc(-c4cc(B(O)O)cc(F)c4OC)ccc23)c(OC)c1. The number of nitrogens with zero attached hydrogens (tertiary/aromatic N) is 3. The quantitative estimate of drug-likeness (QED) is 0.392. The van der Waals surface area contributed by atoms with Crippen molar-refractivity contribution in [3.63, 3.8) is 0 Å². The molecule has 4 rings (SSSR count). The highest BCUT2D eigenvalue weighted by molar-refractivity contribution is 6.58. The first-order valence-corrected chi connectivity index (χ1v) is 10.8. The molecule has 0 aliphatic carbocycles. The van der Waals surface area contributed by atoms with Crippen LogP contribution >= 0.6 is 0 Å². The van der Waals surface area contributed by atoms with Gasteiger partial charge in [-0.05, 0) is 48.3 Å². The maximum Gasteiger partial charge on any atom is 0.488 e. The van der Waals surface area contributed by atoms with Crippen LogP contribution in [0.1, 0.15) is 5.69 Å². The number of methoxy groups -OCH3 is 3. The molecule has 180 valence electrons. The van der Waals surface area contributed by atoms with Gasteiger partial charge in [0.25, 0.3) is 0 Å². The molecule has 35 heavy (non-hydrogen) atoms. The molecule has 4 aromatic rings. The van der Waals surface area contributed by atoms with Gasteiger partial charge in [0.2, 0.25) is 0 Å². The van der Waals surface area contributed by atoms with Gasteiger partial charge in [-0.2, -0.15) is 5.10 Å². The number of hydrogen-bond acceptors (Lipinski definition) is 8. The van der Waals surface area contributed by atoms with Crippen LogP contribution in [0.25, 0.3) is 21.9 Å². The van der Waals surface area contributed by atoms with Gasteiger partial charge >= 0.3 is 7.12 Å². The smallest absolute Gasteiger partial charge is 0.488 e. The number of hydrogen-bond donors (Lipinski definition) is 2. The van der Waals surface area contributed by atoms with Crippen LogP contribution in [0, 0.1) is 12.7 Å². The second kappa shape index (κ2) is 9.77. The minimum Gasteiger partial charge on any atom is -0.497 e. The molecule has 10 heteroatoms. The molecule has 2 N–H and O–H groups in total. The Morgan fingerprint density at radius 2 is 1.66 bits per heavy atom. The lowest BCUT2D eigenvalue weighted by atomic mass is 9.78. The van der Waals surface area contributed by atoms with E-state index in [9.17, 15) is 14.4 Å². The molecule has 0 aliphatic rings. The van der Waals surface area contributed by atoms with Gasteiger partial charge in [0, 0.05) is 29.4 Å². The van der Waals surface area contributed by atoms with Gasteiger partial charge in [-0.25, -0.2) is 4.39 Å². The lowest BCUT2D eigenvalue weighted by Gasteiger charge is -2.23. The van der Waals surface area contributed by atoms with E-state index in [0.717, 1.165) is 22.5 Å². The number of benzene rings is 3. The summed E-state index contributed by atoms with van der Waals surface area (Å²) in [5.74, 6) is 1.19. The van der Waals surface area contributed by atoms with E-state index >= 15 is 0 Å². The summed E-state index contributed by atoms with van der Waals surface area (Å²) in [5, 5.41) is 29.6. The maximum atomic E-state index is 14.6. The Kier molecular flexibility index (Phi) is 6.77. The number of ether oxygens (including phenoxy) is 3. The number of anilines is 2. The molecule has 1 aromatic heterocycles. The number of aromatic nitrogens is 2. The average molecular weight is 477 g/mol. The zero-order chi connectivity index (χ0) is 25.3. The fourth-order valence-corrected chi connectivity index (χ4v) is 4.05. The third kappa shape index (κ3) is 4.45. The van der Waals surface area contributed by atoms with Gasteiger partial charge in [0.1, 0.15) is 11.5 Å². The minimum atomic E-state index is -1.82. The Balaban J connectivity index is 1.87. The molecule has 0 fully saturated rings. The maximum absolute atomic E-state index is 14.6. The molecule has 0 aliphatic heterocycles. The van der Waals surface area contributed by atoms with Gasteiger partial charge in [-0.15, -0.1) is 5.10 Å². The van der Waals surface area contributed by atoms with Crippen LogP contribution < -0.4 is 24.6 Å². The predicted octanol–water partition coefficient (Wildman–Crippen LogP) is 3.22. The highest BCUT2D eigenvalue weighted by Gasteiger charge is 2.21. The second-order valence-corrected chi connectivity index (χ2v) is 7.92. The Morgan fingerprint density at radius 3 is 2.31 bits per heavy atom. The number of fused-ring (bicyclic) bond motifs is 1. The van der Waals surface area contributed by atoms with E-state index < -0.39 is 12.9 Å². The molecule has 0 spiro atoms. The van der Waals surface area contributed by atoms with Crippen LogP contribution in [0.2, 0.25) is 0 Å². The molecule has 0 amide bonds. The van der Waals surface area contributed by atoms with Crippen molar-refractivity contribution in [2.75, 3.05) is 33.3 Å². The fourth-order valence-electron chi connectivity index (χ4n) is 4.05. The lowest BCUT2D eigenvalue weighted by Crippen LogP contribution is -2.30. The summed E-state index contributed by atoms with van der Waals surface area (Å²) in [5.41, 5.74) is 2.49. The van der Waals surface area contributed by atoms with Crippen LogP contribution in [0.3, 0.4) is 0 Å². The van der Waals surface area contributed by atoms with Gasteiger partial charge in [0.05, 0.1) is 32.7 Å². The summed E-state index contributed by atoms with van der Waals surface area (Å²) < 4.78 is 30.8. The Morgan fingerprint density at radius 1 is 0.886 bits per heavy atom. The highest BCUT2D eigenvalue weighted by Crippen LogP contribution is 2.39. The normalized spacial score (nSPS) is 10.9. The molecule has 3 aromatic carbocycles. The molecular weight excluding hydrogens is 452 g/mol. The van der Waals surface area contributed by atoms with Crippen LogP contribution in [0.15, 0.2) is 48.5 Å². The molecule has 8 nitrogen and oxygen atoms in total. The second-order valence-electron chi connectivity index (χ2n) is 7.92. The first-order chi connectivity index (χ1) is 16.8. The van der Waals surface area contributed by atoms with Crippen molar-refractivity contribution in [2.45, 2.75) is 6.92 Å². The van der Waals surface area contributed by atoms with Crippen molar-refractivity contribution in [3.8, 4) is 28.4 Å². The van der Waals surface area contributed by atoms with Crippen molar-refractivity contribution in [1.29, 1.82) is 0 Å². The van der Waals surface area contributed by atoms with Gasteiger partial charge in [-0.1, -0.05) is 12.1 Å². The van der Waals surface area contributed by atoms with Crippen molar-refractivity contribution in [3.05, 3.63) is 60.0 Å². The molecule has 0 bridgehead atoms. The highest BCUT2D eigenvalue weighted by atomic mass is 19.1. The van der Waals surface area contributed by atoms with Gasteiger partial charge in [-0.3, -0.25) is 0 Å².